The van der Waals surface area contributed by atoms with Gasteiger partial charge in [-0.15, -0.1) is 0 Å². The highest BCUT2D eigenvalue weighted by atomic mass is 16.5. The predicted molar refractivity (Wildman–Crippen MR) is 126 cm³/mol. The van der Waals surface area contributed by atoms with Gasteiger partial charge in [-0.2, -0.15) is 5.10 Å². The first-order valence-corrected chi connectivity index (χ1v) is 10.6. The fraction of sp³-hybridized carbons (Fsp3) is 0.200. The number of hydrazone groups is 1. The molecule has 9 nitrogen and oxygen atoms in total. The van der Waals surface area contributed by atoms with Crippen LogP contribution in [0, 0.1) is 0 Å². The molecule has 0 aliphatic rings. The Labute approximate surface area is 196 Å². The van der Waals surface area contributed by atoms with Gasteiger partial charge >= 0.3 is 5.97 Å². The number of rotatable bonds is 10. The molecular formula is C25H25N3O6. The third-order valence-corrected chi connectivity index (χ3v) is 4.64. The van der Waals surface area contributed by atoms with E-state index in [1.165, 1.54) is 6.21 Å². The molecule has 0 fully saturated rings. The Kier molecular flexibility index (Phi) is 8.56. The molecule has 2 N–H and O–H groups in total. The van der Waals surface area contributed by atoms with E-state index < -0.39 is 11.9 Å². The molecule has 0 saturated carbocycles. The number of esters is 1. The summed E-state index contributed by atoms with van der Waals surface area (Å²) in [7, 11) is 1.57. The fourth-order valence-electron chi connectivity index (χ4n) is 2.97. The van der Waals surface area contributed by atoms with E-state index >= 15 is 0 Å². The predicted octanol–water partition coefficient (Wildman–Crippen LogP) is 2.94. The fourth-order valence-corrected chi connectivity index (χ4v) is 2.97. The van der Waals surface area contributed by atoms with Crippen molar-refractivity contribution in [2.45, 2.75) is 13.3 Å². The number of hydrogen-bond acceptors (Lipinski definition) is 7. The number of amides is 2. The van der Waals surface area contributed by atoms with E-state index in [1.54, 1.807) is 74.7 Å². The van der Waals surface area contributed by atoms with Crippen LogP contribution in [0.25, 0.3) is 11.3 Å². The zero-order valence-electron chi connectivity index (χ0n) is 18.9. The number of nitrogens with zero attached hydrogens (tertiary/aromatic N) is 1. The van der Waals surface area contributed by atoms with Crippen molar-refractivity contribution in [1.29, 1.82) is 0 Å². The van der Waals surface area contributed by atoms with Crippen molar-refractivity contribution in [3.63, 3.8) is 0 Å². The molecule has 2 amide bonds. The molecule has 176 valence electrons. The van der Waals surface area contributed by atoms with Crippen LogP contribution in [0.2, 0.25) is 0 Å². The standard InChI is InChI=1S/C25H25N3O6/c1-3-33-25(31)19-6-4-5-18(14-19)22-12-11-21(34-22)15-27-28-24(30)16-26-23(29)13-17-7-9-20(32-2)10-8-17/h4-12,14-15H,3,13,16H2,1-2H3,(H,26,29)(H,28,30)/b27-15+. The van der Waals surface area contributed by atoms with Gasteiger partial charge in [-0.25, -0.2) is 10.2 Å². The van der Waals surface area contributed by atoms with Gasteiger partial charge in [-0.3, -0.25) is 9.59 Å². The molecule has 0 unspecified atom stereocenters. The number of carbonyl (C=O) groups is 3. The molecule has 2 aromatic carbocycles. The summed E-state index contributed by atoms with van der Waals surface area (Å²) in [6.45, 7) is 1.83. The smallest absolute Gasteiger partial charge is 0.338 e. The van der Waals surface area contributed by atoms with Crippen molar-refractivity contribution >= 4 is 24.0 Å². The summed E-state index contributed by atoms with van der Waals surface area (Å²) in [5.74, 6) is 0.468. The molecule has 0 radical (unpaired) electrons. The lowest BCUT2D eigenvalue weighted by Crippen LogP contribution is -2.35. The van der Waals surface area contributed by atoms with Crippen molar-refractivity contribution < 1.29 is 28.3 Å². The van der Waals surface area contributed by atoms with Gasteiger partial charge in [0.25, 0.3) is 5.91 Å². The van der Waals surface area contributed by atoms with Crippen LogP contribution >= 0.6 is 0 Å². The third-order valence-electron chi connectivity index (χ3n) is 4.64. The van der Waals surface area contributed by atoms with Crippen molar-refractivity contribution in [3.8, 4) is 17.1 Å². The van der Waals surface area contributed by atoms with Crippen LogP contribution in [0.1, 0.15) is 28.6 Å². The zero-order valence-corrected chi connectivity index (χ0v) is 18.9. The van der Waals surface area contributed by atoms with E-state index in [-0.39, 0.29) is 18.9 Å². The number of furan rings is 1. The Balaban J connectivity index is 1.46. The van der Waals surface area contributed by atoms with Crippen LogP contribution < -0.4 is 15.5 Å². The molecule has 0 spiro atoms. The molecule has 34 heavy (non-hydrogen) atoms. The lowest BCUT2D eigenvalue weighted by Gasteiger charge is -2.05. The molecule has 0 aliphatic heterocycles. The second-order valence-corrected chi connectivity index (χ2v) is 7.10. The monoisotopic (exact) mass is 463 g/mol. The molecule has 9 heteroatoms. The van der Waals surface area contributed by atoms with Crippen molar-refractivity contribution in [3.05, 3.63) is 77.6 Å². The minimum atomic E-state index is -0.478. The minimum absolute atomic E-state index is 0.146. The molecule has 3 rings (SSSR count). The van der Waals surface area contributed by atoms with E-state index in [4.69, 9.17) is 13.9 Å². The normalized spacial score (nSPS) is 10.6. The maximum absolute atomic E-state index is 12.0. The molecule has 0 saturated heterocycles. The average Bonchev–Trinajstić information content (AvgIpc) is 3.32. The first-order chi connectivity index (χ1) is 16.5. The number of ether oxygens (including phenoxy) is 2. The van der Waals surface area contributed by atoms with Gasteiger partial charge < -0.3 is 19.2 Å². The van der Waals surface area contributed by atoms with Gasteiger partial charge in [0.15, 0.2) is 0 Å². The average molecular weight is 463 g/mol. The Morgan fingerprint density at radius 1 is 1.03 bits per heavy atom. The van der Waals surface area contributed by atoms with E-state index in [9.17, 15) is 14.4 Å². The molecular weight excluding hydrogens is 438 g/mol. The third kappa shape index (κ3) is 7.06. The van der Waals surface area contributed by atoms with Gasteiger partial charge in [0.05, 0.1) is 38.5 Å². The molecule has 1 heterocycles. The topological polar surface area (TPSA) is 119 Å². The summed E-state index contributed by atoms with van der Waals surface area (Å²) >= 11 is 0. The molecule has 0 aliphatic carbocycles. The van der Waals surface area contributed by atoms with Gasteiger partial charge in [-0.1, -0.05) is 24.3 Å². The second kappa shape index (κ2) is 12.0. The SMILES string of the molecule is CCOC(=O)c1cccc(-c2ccc(/C=N/NC(=O)CNC(=O)Cc3ccc(OC)cc3)o2)c1. The Hall–Kier alpha value is -4.40. The van der Waals surface area contributed by atoms with Crippen LogP contribution in [0.15, 0.2) is 70.2 Å². The van der Waals surface area contributed by atoms with Crippen molar-refractivity contribution in [1.82, 2.24) is 10.7 Å². The van der Waals surface area contributed by atoms with Crippen LogP contribution in [0.4, 0.5) is 0 Å². The van der Waals surface area contributed by atoms with Crippen molar-refractivity contribution in [2.24, 2.45) is 5.10 Å². The second-order valence-electron chi connectivity index (χ2n) is 7.10. The maximum atomic E-state index is 12.0. The number of benzene rings is 2. The van der Waals surface area contributed by atoms with Gasteiger partial charge in [0, 0.05) is 5.56 Å². The summed E-state index contributed by atoms with van der Waals surface area (Å²) < 4.78 is 15.8. The van der Waals surface area contributed by atoms with Gasteiger partial charge in [0.1, 0.15) is 17.3 Å². The van der Waals surface area contributed by atoms with Gasteiger partial charge in [0.2, 0.25) is 5.91 Å². The highest BCUT2D eigenvalue weighted by molar-refractivity contribution is 5.91. The van der Waals surface area contributed by atoms with E-state index in [0.717, 1.165) is 5.56 Å². The van der Waals surface area contributed by atoms with Crippen LogP contribution in [-0.2, 0) is 20.7 Å². The summed E-state index contributed by atoms with van der Waals surface area (Å²) in [6, 6.07) is 17.4. The molecule has 3 aromatic rings. The molecule has 0 atom stereocenters. The highest BCUT2D eigenvalue weighted by Gasteiger charge is 2.10. The van der Waals surface area contributed by atoms with Crippen molar-refractivity contribution in [2.75, 3.05) is 20.3 Å². The summed E-state index contributed by atoms with van der Waals surface area (Å²) in [6.07, 6.45) is 1.49. The van der Waals surface area contributed by atoms with E-state index in [1.807, 2.05) is 0 Å². The maximum Gasteiger partial charge on any atom is 0.338 e. The highest BCUT2D eigenvalue weighted by Crippen LogP contribution is 2.23. The number of methoxy groups -OCH3 is 1. The quantitative estimate of drug-likeness (QED) is 0.271. The van der Waals surface area contributed by atoms with E-state index in [0.29, 0.717) is 35.0 Å². The Morgan fingerprint density at radius 2 is 1.82 bits per heavy atom. The Bertz CT molecular complexity index is 1170. The summed E-state index contributed by atoms with van der Waals surface area (Å²) in [5.41, 5.74) is 4.26. The Morgan fingerprint density at radius 3 is 2.56 bits per heavy atom. The summed E-state index contributed by atoms with van der Waals surface area (Å²) in [4.78, 5) is 35.8. The lowest BCUT2D eigenvalue weighted by molar-refractivity contribution is -0.125. The first kappa shape index (κ1) is 24.2. The largest absolute Gasteiger partial charge is 0.497 e. The van der Waals surface area contributed by atoms with E-state index in [2.05, 4.69) is 15.8 Å². The van der Waals surface area contributed by atoms with Crippen LogP contribution in [-0.4, -0.2) is 44.3 Å². The zero-order chi connectivity index (χ0) is 24.3. The molecule has 1 aromatic heterocycles. The molecule has 0 bridgehead atoms. The lowest BCUT2D eigenvalue weighted by atomic mass is 10.1. The summed E-state index contributed by atoms with van der Waals surface area (Å²) in [5, 5.41) is 6.38. The number of carbonyl (C=O) groups excluding carboxylic acids is 3. The van der Waals surface area contributed by atoms with Gasteiger partial charge in [-0.05, 0) is 48.9 Å². The minimum Gasteiger partial charge on any atom is -0.497 e. The number of hydrogen-bond donors (Lipinski definition) is 2. The first-order valence-electron chi connectivity index (χ1n) is 10.6. The van der Waals surface area contributed by atoms with Crippen LogP contribution in [0.5, 0.6) is 5.75 Å². The number of nitrogens with one attached hydrogen (secondary N) is 2. The van der Waals surface area contributed by atoms with Crippen LogP contribution in [0.3, 0.4) is 0 Å².